The first-order valence-corrected chi connectivity index (χ1v) is 12.5. The van der Waals surface area contributed by atoms with Gasteiger partial charge in [0.2, 0.25) is 10.0 Å². The van der Waals surface area contributed by atoms with E-state index in [1.54, 1.807) is 12.1 Å². The minimum absolute atomic E-state index is 0.0429. The fourth-order valence-electron chi connectivity index (χ4n) is 3.03. The Morgan fingerprint density at radius 3 is 2.64 bits per heavy atom. The zero-order valence-corrected chi connectivity index (χ0v) is 19.6. The average molecular weight is 506 g/mol. The maximum Gasteiger partial charge on any atom is 0.327 e. The first-order valence-electron chi connectivity index (χ1n) is 9.70. The molecule has 2 amide bonds. The van der Waals surface area contributed by atoms with Crippen LogP contribution in [0.25, 0.3) is 10.3 Å². The van der Waals surface area contributed by atoms with E-state index in [2.05, 4.69) is 48.5 Å². The second-order valence-corrected chi connectivity index (χ2v) is 10.2. The van der Waals surface area contributed by atoms with Gasteiger partial charge in [0.05, 0.1) is 4.90 Å². The number of sulfonamides is 1. The summed E-state index contributed by atoms with van der Waals surface area (Å²) in [6.45, 7) is 0.379. The molecule has 15 heteroatoms. The van der Waals surface area contributed by atoms with Crippen LogP contribution in [0, 0.1) is 0 Å². The predicted octanol–water partition coefficient (Wildman–Crippen LogP) is 2.20. The summed E-state index contributed by atoms with van der Waals surface area (Å²) >= 11 is 5.58. The Morgan fingerprint density at radius 2 is 1.94 bits per heavy atom. The largest absolute Gasteiger partial charge is 0.327 e. The molecule has 0 aliphatic rings. The van der Waals surface area contributed by atoms with Gasteiger partial charge < -0.3 is 5.32 Å². The molecule has 3 aromatic heterocycles. The van der Waals surface area contributed by atoms with Crippen molar-refractivity contribution in [2.24, 2.45) is 5.14 Å². The van der Waals surface area contributed by atoms with Crippen LogP contribution in [0.15, 0.2) is 45.6 Å². The third kappa shape index (κ3) is 5.81. The summed E-state index contributed by atoms with van der Waals surface area (Å²) in [6.07, 6.45) is 2.01. The maximum absolute atomic E-state index is 13.1. The molecule has 0 aliphatic carbocycles. The van der Waals surface area contributed by atoms with E-state index < -0.39 is 16.1 Å². The number of amides is 2. The molecule has 0 fully saturated rings. The van der Waals surface area contributed by atoms with Crippen molar-refractivity contribution >= 4 is 61.9 Å². The molecule has 12 nitrogen and oxygen atoms in total. The number of aryl methyl sites for hydroxylation is 1. The number of nitrogens with one attached hydrogen (secondary N) is 2. The van der Waals surface area contributed by atoms with Crippen LogP contribution >= 0.6 is 24.0 Å². The van der Waals surface area contributed by atoms with E-state index in [0.29, 0.717) is 51.4 Å². The lowest BCUT2D eigenvalue weighted by Gasteiger charge is -2.22. The highest BCUT2D eigenvalue weighted by Gasteiger charge is 2.19. The van der Waals surface area contributed by atoms with Gasteiger partial charge in [-0.3, -0.25) is 4.90 Å². The van der Waals surface area contributed by atoms with E-state index >= 15 is 0 Å². The van der Waals surface area contributed by atoms with Gasteiger partial charge in [0.1, 0.15) is 20.5 Å². The molecule has 4 aromatic rings. The van der Waals surface area contributed by atoms with Gasteiger partial charge in [0.15, 0.2) is 5.82 Å². The monoisotopic (exact) mass is 505 g/mol. The summed E-state index contributed by atoms with van der Waals surface area (Å²) in [5.41, 5.74) is 1.12. The second-order valence-electron chi connectivity index (χ2n) is 6.93. The lowest BCUT2D eigenvalue weighted by Crippen LogP contribution is -2.36. The molecular formula is C18H19N9O3S3. The highest BCUT2D eigenvalue weighted by Crippen LogP contribution is 2.26. The van der Waals surface area contributed by atoms with Crippen LogP contribution in [0.3, 0.4) is 0 Å². The van der Waals surface area contributed by atoms with Crippen molar-refractivity contribution in [1.29, 1.82) is 0 Å². The number of unbranched alkanes of at least 4 members (excludes halogenated alkanes) is 1. The summed E-state index contributed by atoms with van der Waals surface area (Å²) in [4.78, 5) is 24.1. The number of fused-ring (bicyclic) bond motifs is 1. The van der Waals surface area contributed by atoms with E-state index in [0.717, 1.165) is 6.42 Å². The number of H-pyrrole nitrogens is 1. The van der Waals surface area contributed by atoms with Gasteiger partial charge in [0, 0.05) is 18.7 Å². The van der Waals surface area contributed by atoms with Crippen LogP contribution < -0.4 is 15.4 Å². The Hall–Kier alpha value is -3.14. The quantitative estimate of drug-likeness (QED) is 0.208. The first-order chi connectivity index (χ1) is 15.8. The molecule has 33 heavy (non-hydrogen) atoms. The minimum Gasteiger partial charge on any atom is -0.308 e. The number of pyridine rings is 1. The van der Waals surface area contributed by atoms with Crippen LogP contribution in [0.4, 0.5) is 16.3 Å². The predicted molar refractivity (Wildman–Crippen MR) is 126 cm³/mol. The number of hydrogen-bond acceptors (Lipinski definition) is 10. The Kier molecular flexibility index (Phi) is 6.83. The minimum atomic E-state index is -3.82. The number of primary sulfonamides is 1. The van der Waals surface area contributed by atoms with Crippen LogP contribution in [0.5, 0.6) is 0 Å². The zero-order valence-electron chi connectivity index (χ0n) is 17.0. The number of nitrogens with zero attached hydrogens (tertiary/aromatic N) is 6. The number of aromatic amines is 1. The number of rotatable bonds is 8. The van der Waals surface area contributed by atoms with Gasteiger partial charge in [-0.05, 0) is 49.2 Å². The number of thiol groups is 1. The summed E-state index contributed by atoms with van der Waals surface area (Å²) in [6, 6.07) is 8.69. The number of nitrogens with two attached hydrogens (primary N) is 1. The molecular weight excluding hydrogens is 486 g/mol. The molecule has 0 unspecified atom stereocenters. The van der Waals surface area contributed by atoms with Crippen molar-refractivity contribution in [2.45, 2.75) is 28.5 Å². The molecule has 0 saturated carbocycles. The van der Waals surface area contributed by atoms with Crippen molar-refractivity contribution in [2.75, 3.05) is 16.8 Å². The number of tetrazole rings is 1. The average Bonchev–Trinajstić information content (AvgIpc) is 3.41. The maximum atomic E-state index is 13.1. The third-order valence-corrected chi connectivity index (χ3v) is 6.68. The standard InChI is InChI=1S/C18H19N9O3S3/c19-33(29,30)12-6-4-11(5-7-12)20-17(28)27(10-2-1-3-14-23-25-26-24-14)15-9-8-13-16(22-15)32-18(31)21-13/h4-9H,1-3,10H2,(H,20,28)(H,21,31)(H2,19,29,30)(H,23,24,25,26). The molecule has 0 atom stereocenters. The van der Waals surface area contributed by atoms with Crippen LogP contribution in [-0.4, -0.2) is 51.6 Å². The zero-order chi connectivity index (χ0) is 23.4. The Morgan fingerprint density at radius 1 is 1.15 bits per heavy atom. The molecule has 172 valence electrons. The number of anilines is 2. The topological polar surface area (TPSA) is 173 Å². The fourth-order valence-corrected chi connectivity index (χ4v) is 4.58. The Balaban J connectivity index is 1.51. The smallest absolute Gasteiger partial charge is 0.308 e. The van der Waals surface area contributed by atoms with Crippen LogP contribution in [-0.2, 0) is 16.4 Å². The van der Waals surface area contributed by atoms with Crippen LogP contribution in [0.2, 0.25) is 0 Å². The SMILES string of the molecule is NS(=O)(=O)c1ccc(NC(=O)N(CCCCc2nn[nH]n2)c2ccc3nc(S)sc3n2)cc1. The number of carbonyl (C=O) groups excluding carboxylic acids is 1. The first kappa shape index (κ1) is 23.0. The van der Waals surface area contributed by atoms with Crippen molar-refractivity contribution in [3.63, 3.8) is 0 Å². The van der Waals surface area contributed by atoms with Gasteiger partial charge in [-0.2, -0.15) is 5.21 Å². The number of hydrogen-bond donors (Lipinski definition) is 4. The second kappa shape index (κ2) is 9.78. The van der Waals surface area contributed by atoms with Crippen LogP contribution in [0.1, 0.15) is 18.7 Å². The molecule has 0 saturated heterocycles. The molecule has 3 heterocycles. The van der Waals surface area contributed by atoms with E-state index in [-0.39, 0.29) is 4.90 Å². The van der Waals surface area contributed by atoms with E-state index in [1.807, 2.05) is 0 Å². The van der Waals surface area contributed by atoms with Gasteiger partial charge in [-0.15, -0.1) is 22.8 Å². The summed E-state index contributed by atoms with van der Waals surface area (Å²) < 4.78 is 23.5. The number of carbonyl (C=O) groups is 1. The molecule has 0 spiro atoms. The Labute approximate surface area is 198 Å². The van der Waals surface area contributed by atoms with E-state index in [4.69, 9.17) is 5.14 Å². The molecule has 0 aliphatic heterocycles. The van der Waals surface area contributed by atoms with Crippen molar-refractivity contribution in [1.82, 2.24) is 30.6 Å². The van der Waals surface area contributed by atoms with E-state index in [9.17, 15) is 13.2 Å². The van der Waals surface area contributed by atoms with Gasteiger partial charge in [-0.1, -0.05) is 16.6 Å². The molecule has 0 radical (unpaired) electrons. The number of thiazole rings is 1. The molecule has 1 aromatic carbocycles. The van der Waals surface area contributed by atoms with Crippen molar-refractivity contribution < 1.29 is 13.2 Å². The third-order valence-electron chi connectivity index (χ3n) is 4.61. The summed E-state index contributed by atoms with van der Waals surface area (Å²) in [5, 5.41) is 21.7. The van der Waals surface area contributed by atoms with E-state index in [1.165, 1.54) is 40.5 Å². The normalized spacial score (nSPS) is 11.6. The highest BCUT2D eigenvalue weighted by atomic mass is 32.2. The van der Waals surface area contributed by atoms with Gasteiger partial charge in [-0.25, -0.2) is 28.3 Å². The number of aromatic nitrogens is 6. The molecule has 4 rings (SSSR count). The van der Waals surface area contributed by atoms with Crippen molar-refractivity contribution in [3.8, 4) is 0 Å². The summed E-state index contributed by atoms with van der Waals surface area (Å²) in [5.74, 6) is 1.06. The lowest BCUT2D eigenvalue weighted by atomic mass is 10.2. The molecule has 4 N–H and O–H groups in total. The highest BCUT2D eigenvalue weighted by molar-refractivity contribution is 7.89. The summed E-state index contributed by atoms with van der Waals surface area (Å²) in [7, 11) is -3.82. The lowest BCUT2D eigenvalue weighted by molar-refractivity contribution is 0.256. The van der Waals surface area contributed by atoms with Gasteiger partial charge in [0.25, 0.3) is 0 Å². The van der Waals surface area contributed by atoms with Crippen molar-refractivity contribution in [3.05, 3.63) is 42.2 Å². The number of benzene rings is 1. The Bertz CT molecular complexity index is 1360. The fraction of sp³-hybridized carbons (Fsp3) is 0.222. The number of urea groups is 1. The molecule has 0 bridgehead atoms. The van der Waals surface area contributed by atoms with Gasteiger partial charge >= 0.3 is 6.03 Å².